The maximum atomic E-state index is 14.7. The van der Waals surface area contributed by atoms with Crippen molar-refractivity contribution in [2.75, 3.05) is 19.1 Å². The van der Waals surface area contributed by atoms with E-state index in [9.17, 15) is 77.0 Å². The Bertz CT molecular complexity index is 2970. The number of hydrogen-bond acceptors (Lipinski definition) is 7. The Kier molecular flexibility index (Phi) is 12.6. The lowest BCUT2D eigenvalue weighted by Crippen LogP contribution is -2.55. The third kappa shape index (κ3) is 8.21. The smallest absolute Gasteiger partial charge is 0.411 e. The van der Waals surface area contributed by atoms with E-state index in [-0.39, 0.29) is 28.5 Å². The molecule has 2 aliphatic rings. The number of hydrogen-bond donors (Lipinski definition) is 1. The summed E-state index contributed by atoms with van der Waals surface area (Å²) in [5.74, 6) is -3.66. The first kappa shape index (κ1) is 50.0. The van der Waals surface area contributed by atoms with Gasteiger partial charge < -0.3 is 14.6 Å². The molecule has 0 spiro atoms. The van der Waals surface area contributed by atoms with Crippen molar-refractivity contribution in [2.24, 2.45) is 0 Å². The fourth-order valence-electron chi connectivity index (χ4n) is 8.23. The molecule has 21 heteroatoms. The third-order valence-corrected chi connectivity index (χ3v) is 11.7. The van der Waals surface area contributed by atoms with Crippen LogP contribution in [-0.4, -0.2) is 72.5 Å². The second kappa shape index (κ2) is 17.6. The molecule has 2 aliphatic heterocycles. The molecule has 6 aromatic rings. The van der Waals surface area contributed by atoms with E-state index in [2.05, 4.69) is 0 Å². The van der Waals surface area contributed by atoms with E-state index in [1.165, 1.54) is 19.2 Å². The van der Waals surface area contributed by atoms with Crippen LogP contribution in [0.15, 0.2) is 133 Å². The Balaban J connectivity index is 0.000000212. The number of phenolic OH excluding ortho intramolecular Hbond substituents is 1. The van der Waals surface area contributed by atoms with Crippen molar-refractivity contribution in [3.05, 3.63) is 184 Å². The van der Waals surface area contributed by atoms with Crippen LogP contribution >= 0.6 is 0 Å². The van der Waals surface area contributed by atoms with Gasteiger partial charge in [-0.25, -0.2) is 4.90 Å². The van der Waals surface area contributed by atoms with Crippen LogP contribution in [0.5, 0.6) is 23.0 Å². The van der Waals surface area contributed by atoms with Crippen molar-refractivity contribution in [1.29, 1.82) is 0 Å². The SMILES string of the molecule is CN1C(=O)c2ccc(C(c3ccc4c(c3)C(=O)N(c3ccc(O)cc3)C4=O)(C(F)(F)F)C(F)(F)F)cc2C1=O.COc1ccc(C(c2ccc(Oc3ccc(C)cc3)cc2)(C(F)(F)F)C(F)(F)F)cc1. The van der Waals surface area contributed by atoms with Crippen LogP contribution in [0.2, 0.25) is 0 Å². The van der Waals surface area contributed by atoms with Gasteiger partial charge in [0, 0.05) is 7.05 Å². The summed E-state index contributed by atoms with van der Waals surface area (Å²) in [6.45, 7) is 1.87. The van der Waals surface area contributed by atoms with Gasteiger partial charge in [-0.2, -0.15) is 52.7 Å². The minimum Gasteiger partial charge on any atom is -0.508 e. The molecular weight excluding hydrogens is 957 g/mol. The fraction of sp³-hybridized carbons (Fsp3) is 0.184. The average molecular weight is 989 g/mol. The number of alkyl halides is 12. The fourth-order valence-corrected chi connectivity index (χ4v) is 8.23. The van der Waals surface area contributed by atoms with Gasteiger partial charge in [0.25, 0.3) is 23.6 Å². The summed E-state index contributed by atoms with van der Waals surface area (Å²) in [6.07, 6.45) is -23.4. The van der Waals surface area contributed by atoms with Crippen LogP contribution in [0.4, 0.5) is 58.4 Å². The predicted molar refractivity (Wildman–Crippen MR) is 225 cm³/mol. The Morgan fingerprint density at radius 3 is 1.20 bits per heavy atom. The molecule has 70 heavy (non-hydrogen) atoms. The number of aryl methyl sites for hydroxylation is 1. The van der Waals surface area contributed by atoms with Crippen molar-refractivity contribution in [3.63, 3.8) is 0 Å². The molecule has 0 fully saturated rings. The van der Waals surface area contributed by atoms with Crippen molar-refractivity contribution in [1.82, 2.24) is 4.90 Å². The minimum absolute atomic E-state index is 0.0654. The van der Waals surface area contributed by atoms with Crippen LogP contribution in [0.1, 0.15) is 69.2 Å². The summed E-state index contributed by atoms with van der Waals surface area (Å²) >= 11 is 0. The van der Waals surface area contributed by atoms with Gasteiger partial charge in [0.1, 0.15) is 23.0 Å². The number of nitrogens with zero attached hydrogens (tertiary/aromatic N) is 2. The molecule has 1 N–H and O–H groups in total. The van der Waals surface area contributed by atoms with Gasteiger partial charge >= 0.3 is 24.7 Å². The first-order valence-corrected chi connectivity index (χ1v) is 20.2. The molecular formula is C49H32F12N2O7. The predicted octanol–water partition coefficient (Wildman–Crippen LogP) is 12.0. The molecule has 8 rings (SSSR count). The number of ether oxygens (including phenoxy) is 2. The molecule has 364 valence electrons. The van der Waals surface area contributed by atoms with E-state index in [1.807, 2.05) is 6.92 Å². The standard InChI is InChI=1S/C26H14F6N2O5.C23H18F6O2/c1-33-20(36)16-8-2-12(10-18(16)21(33)37)24(25(27,28)29,26(30,31)32)13-3-9-17-19(11-13)23(39)34(22(17)38)14-4-6-15(35)7-5-14;1-15-3-9-19(10-4-15)31-20-13-7-17(8-14-20)21(22(24,25)26,23(27,28)29)16-5-11-18(30-2)12-6-16/h2-11,35H,1H3;3-14H,1-2H3. The summed E-state index contributed by atoms with van der Waals surface area (Å²) in [5.41, 5.74) is -14.9. The second-order valence-electron chi connectivity index (χ2n) is 15.8. The van der Waals surface area contributed by atoms with Gasteiger partial charge in [0.2, 0.25) is 10.8 Å². The topological polar surface area (TPSA) is 113 Å². The number of imide groups is 2. The maximum Gasteiger partial charge on any atom is 0.411 e. The number of rotatable bonds is 8. The van der Waals surface area contributed by atoms with E-state index < -0.39 is 98.1 Å². The van der Waals surface area contributed by atoms with Gasteiger partial charge in [0.15, 0.2) is 0 Å². The molecule has 0 bridgehead atoms. The summed E-state index contributed by atoms with van der Waals surface area (Å²) in [5, 5.41) is 9.45. The highest BCUT2D eigenvalue weighted by atomic mass is 19.4. The molecule has 0 aromatic heterocycles. The van der Waals surface area contributed by atoms with Gasteiger partial charge in [-0.3, -0.25) is 24.1 Å². The summed E-state index contributed by atoms with van der Waals surface area (Å²) in [6, 6.07) is 22.0. The number of carbonyl (C=O) groups excluding carboxylic acids is 4. The number of methoxy groups -OCH3 is 1. The van der Waals surface area contributed by atoms with Crippen molar-refractivity contribution < 1.29 is 86.4 Å². The zero-order valence-corrected chi connectivity index (χ0v) is 36.0. The lowest BCUT2D eigenvalue weighted by molar-refractivity contribution is -0.290. The van der Waals surface area contributed by atoms with E-state index >= 15 is 0 Å². The van der Waals surface area contributed by atoms with E-state index in [0.29, 0.717) is 45.9 Å². The van der Waals surface area contributed by atoms with Crippen LogP contribution in [0.25, 0.3) is 0 Å². The molecule has 0 aliphatic carbocycles. The normalized spacial score (nSPS) is 14.3. The first-order chi connectivity index (χ1) is 32.6. The third-order valence-electron chi connectivity index (χ3n) is 11.7. The van der Waals surface area contributed by atoms with Gasteiger partial charge in [-0.15, -0.1) is 0 Å². The highest BCUT2D eigenvalue weighted by Crippen LogP contribution is 2.58. The molecule has 0 atom stereocenters. The molecule has 0 saturated heterocycles. The van der Waals surface area contributed by atoms with Crippen molar-refractivity contribution in [3.8, 4) is 23.0 Å². The second-order valence-corrected chi connectivity index (χ2v) is 15.8. The van der Waals surface area contributed by atoms with Crippen LogP contribution < -0.4 is 14.4 Å². The van der Waals surface area contributed by atoms with Gasteiger partial charge in [-0.1, -0.05) is 54.1 Å². The minimum atomic E-state index is -6.05. The van der Waals surface area contributed by atoms with Crippen molar-refractivity contribution >= 4 is 29.3 Å². The molecule has 2 heterocycles. The largest absolute Gasteiger partial charge is 0.508 e. The molecule has 4 amide bonds. The summed E-state index contributed by atoms with van der Waals surface area (Å²) < 4.78 is 183. The highest BCUT2D eigenvalue weighted by Gasteiger charge is 2.74. The molecule has 6 aromatic carbocycles. The highest BCUT2D eigenvalue weighted by molar-refractivity contribution is 6.34. The number of amides is 4. The zero-order valence-electron chi connectivity index (χ0n) is 36.0. The zero-order chi connectivity index (χ0) is 51.5. The number of carbonyl (C=O) groups is 4. The molecule has 0 unspecified atom stereocenters. The number of halogens is 12. The number of anilines is 1. The average Bonchev–Trinajstić information content (AvgIpc) is 3.66. The number of phenols is 1. The van der Waals surface area contributed by atoms with E-state index in [4.69, 9.17) is 9.47 Å². The quantitative estimate of drug-likeness (QED) is 0.119. The van der Waals surface area contributed by atoms with Crippen LogP contribution in [0, 0.1) is 6.92 Å². The van der Waals surface area contributed by atoms with Crippen molar-refractivity contribution in [2.45, 2.75) is 42.5 Å². The Labute approximate surface area is 388 Å². The first-order valence-electron chi connectivity index (χ1n) is 20.2. The lowest BCUT2D eigenvalue weighted by Gasteiger charge is -2.38. The molecule has 9 nitrogen and oxygen atoms in total. The van der Waals surface area contributed by atoms with Crippen LogP contribution in [0.3, 0.4) is 0 Å². The monoisotopic (exact) mass is 988 g/mol. The van der Waals surface area contributed by atoms with E-state index in [0.717, 1.165) is 79.3 Å². The number of aromatic hydroxyl groups is 1. The maximum absolute atomic E-state index is 14.7. The summed E-state index contributed by atoms with van der Waals surface area (Å²) in [7, 11) is 2.30. The van der Waals surface area contributed by atoms with Crippen LogP contribution in [-0.2, 0) is 10.8 Å². The van der Waals surface area contributed by atoms with Gasteiger partial charge in [-0.05, 0) is 114 Å². The van der Waals surface area contributed by atoms with Gasteiger partial charge in [0.05, 0.1) is 35.1 Å². The number of fused-ring (bicyclic) bond motifs is 2. The Morgan fingerprint density at radius 1 is 0.429 bits per heavy atom. The lowest BCUT2D eigenvalue weighted by atomic mass is 9.71. The molecule has 0 radical (unpaired) electrons. The van der Waals surface area contributed by atoms with E-state index in [1.54, 1.807) is 24.3 Å². The summed E-state index contributed by atoms with van der Waals surface area (Å²) in [4.78, 5) is 51.6. The Morgan fingerprint density at radius 2 is 0.771 bits per heavy atom. The number of benzene rings is 6. The Hall–Kier alpha value is -7.84. The molecule has 0 saturated carbocycles.